The Hall–Kier alpha value is -1.06. The van der Waals surface area contributed by atoms with Crippen LogP contribution in [0.3, 0.4) is 0 Å². The molecular formula is C6H8O4. The van der Waals surface area contributed by atoms with Crippen LogP contribution in [0.15, 0.2) is 0 Å². The maximum Gasteiger partial charge on any atom is 0.323 e. The van der Waals surface area contributed by atoms with Crippen LogP contribution < -0.4 is 0 Å². The summed E-state index contributed by atoms with van der Waals surface area (Å²) in [5.74, 6) is -1.65. The first-order valence-corrected chi connectivity index (χ1v) is 3.09. The molecule has 0 N–H and O–H groups in total. The van der Waals surface area contributed by atoms with Gasteiger partial charge in [-0.2, -0.15) is 0 Å². The van der Waals surface area contributed by atoms with Crippen LogP contribution in [-0.2, 0) is 19.1 Å². The molecule has 4 nitrogen and oxygen atoms in total. The maximum absolute atomic E-state index is 10.7. The lowest BCUT2D eigenvalue weighted by atomic mass is 10.1. The highest BCUT2D eigenvalue weighted by atomic mass is 16.7. The van der Waals surface area contributed by atoms with Crippen molar-refractivity contribution in [2.75, 3.05) is 6.79 Å². The highest BCUT2D eigenvalue weighted by molar-refractivity contribution is 5.95. The smallest absolute Gasteiger partial charge is 0.323 e. The maximum atomic E-state index is 10.7. The van der Waals surface area contributed by atoms with Crippen LogP contribution in [0.2, 0.25) is 0 Å². The molecule has 0 aliphatic carbocycles. The van der Waals surface area contributed by atoms with Crippen molar-refractivity contribution in [3.8, 4) is 0 Å². The second kappa shape index (κ2) is 2.68. The zero-order valence-electron chi connectivity index (χ0n) is 5.62. The van der Waals surface area contributed by atoms with E-state index in [0.717, 1.165) is 0 Å². The third kappa shape index (κ3) is 1.10. The van der Waals surface area contributed by atoms with Gasteiger partial charge in [0.1, 0.15) is 0 Å². The Morgan fingerprint density at radius 3 is 2.20 bits per heavy atom. The number of hydrogen-bond acceptors (Lipinski definition) is 4. The van der Waals surface area contributed by atoms with Gasteiger partial charge in [-0.1, -0.05) is 6.92 Å². The molecular weight excluding hydrogens is 136 g/mol. The average Bonchev–Trinajstić information content (AvgIpc) is 1.88. The molecule has 0 amide bonds. The van der Waals surface area contributed by atoms with Crippen LogP contribution in [-0.4, -0.2) is 18.7 Å². The quantitative estimate of drug-likeness (QED) is 0.386. The molecule has 0 radical (unpaired) electrons. The molecule has 0 unspecified atom stereocenters. The third-order valence-corrected chi connectivity index (χ3v) is 1.38. The van der Waals surface area contributed by atoms with E-state index in [1.165, 1.54) is 0 Å². The van der Waals surface area contributed by atoms with Gasteiger partial charge < -0.3 is 9.47 Å². The van der Waals surface area contributed by atoms with Gasteiger partial charge in [0.05, 0.1) is 0 Å². The van der Waals surface area contributed by atoms with Crippen LogP contribution in [0.5, 0.6) is 0 Å². The molecule has 4 heteroatoms. The first kappa shape index (κ1) is 7.05. The number of carbonyl (C=O) groups excluding carboxylic acids is 2. The fourth-order valence-electron chi connectivity index (χ4n) is 0.776. The average molecular weight is 144 g/mol. The first-order valence-electron chi connectivity index (χ1n) is 3.09. The van der Waals surface area contributed by atoms with Crippen molar-refractivity contribution >= 4 is 11.9 Å². The number of carbonyl (C=O) groups is 2. The minimum atomic E-state index is -0.700. The van der Waals surface area contributed by atoms with Crippen molar-refractivity contribution in [3.63, 3.8) is 0 Å². The van der Waals surface area contributed by atoms with Crippen molar-refractivity contribution < 1.29 is 19.1 Å². The molecule has 56 valence electrons. The summed E-state index contributed by atoms with van der Waals surface area (Å²) in [5, 5.41) is 0. The summed E-state index contributed by atoms with van der Waals surface area (Å²) in [6.45, 7) is 1.51. The summed E-state index contributed by atoms with van der Waals surface area (Å²) in [7, 11) is 0. The summed E-state index contributed by atoms with van der Waals surface area (Å²) in [4.78, 5) is 21.4. The summed E-state index contributed by atoms with van der Waals surface area (Å²) in [5.41, 5.74) is 0. The van der Waals surface area contributed by atoms with E-state index in [1.807, 2.05) is 0 Å². The predicted octanol–water partition coefficient (Wildman–Crippen LogP) is 0.0701. The van der Waals surface area contributed by atoms with E-state index in [4.69, 9.17) is 0 Å². The normalized spacial score (nSPS) is 20.1. The molecule has 0 spiro atoms. The van der Waals surface area contributed by atoms with Crippen LogP contribution in [0.25, 0.3) is 0 Å². The van der Waals surface area contributed by atoms with E-state index in [9.17, 15) is 9.59 Å². The highest BCUT2D eigenvalue weighted by Gasteiger charge is 2.31. The standard InChI is InChI=1S/C6H8O4/c1-2-4-5(7)9-3-10-6(4)8/h4H,2-3H2,1H3. The van der Waals surface area contributed by atoms with Gasteiger partial charge in [0.25, 0.3) is 0 Å². The lowest BCUT2D eigenvalue weighted by Crippen LogP contribution is -2.34. The molecule has 0 bridgehead atoms. The van der Waals surface area contributed by atoms with E-state index < -0.39 is 17.9 Å². The summed E-state index contributed by atoms with van der Waals surface area (Å²) >= 11 is 0. The van der Waals surface area contributed by atoms with E-state index >= 15 is 0 Å². The molecule has 1 saturated heterocycles. The van der Waals surface area contributed by atoms with Gasteiger partial charge in [0.15, 0.2) is 5.92 Å². The van der Waals surface area contributed by atoms with Gasteiger partial charge in [-0.3, -0.25) is 9.59 Å². The van der Waals surface area contributed by atoms with Crippen LogP contribution in [0.1, 0.15) is 13.3 Å². The minimum Gasteiger partial charge on any atom is -0.427 e. The van der Waals surface area contributed by atoms with E-state index in [1.54, 1.807) is 6.92 Å². The van der Waals surface area contributed by atoms with Gasteiger partial charge in [-0.05, 0) is 6.42 Å². The molecule has 0 atom stereocenters. The molecule has 1 rings (SSSR count). The molecule has 1 heterocycles. The fourth-order valence-corrected chi connectivity index (χ4v) is 0.776. The van der Waals surface area contributed by atoms with Crippen molar-refractivity contribution in [2.24, 2.45) is 5.92 Å². The second-order valence-electron chi connectivity index (χ2n) is 2.01. The van der Waals surface area contributed by atoms with E-state index in [-0.39, 0.29) is 6.79 Å². The van der Waals surface area contributed by atoms with Crippen molar-refractivity contribution in [1.29, 1.82) is 0 Å². The molecule has 0 aromatic rings. The molecule has 0 aromatic heterocycles. The van der Waals surface area contributed by atoms with Crippen molar-refractivity contribution in [1.82, 2.24) is 0 Å². The van der Waals surface area contributed by atoms with Crippen molar-refractivity contribution in [3.05, 3.63) is 0 Å². The number of esters is 2. The lowest BCUT2D eigenvalue weighted by molar-refractivity contribution is -0.190. The number of cyclic esters (lactones) is 2. The Kier molecular flexibility index (Phi) is 1.89. The summed E-state index contributed by atoms with van der Waals surface area (Å²) < 4.78 is 8.94. The fraction of sp³-hybridized carbons (Fsp3) is 0.667. The van der Waals surface area contributed by atoms with Gasteiger partial charge in [0, 0.05) is 0 Å². The van der Waals surface area contributed by atoms with Gasteiger partial charge >= 0.3 is 11.9 Å². The van der Waals surface area contributed by atoms with Gasteiger partial charge in [-0.25, -0.2) is 0 Å². The molecule has 1 aliphatic rings. The Morgan fingerprint density at radius 2 is 1.90 bits per heavy atom. The monoisotopic (exact) mass is 144 g/mol. The second-order valence-corrected chi connectivity index (χ2v) is 2.01. The Bertz CT molecular complexity index is 147. The lowest BCUT2D eigenvalue weighted by Gasteiger charge is -2.18. The topological polar surface area (TPSA) is 52.6 Å². The number of rotatable bonds is 1. The highest BCUT2D eigenvalue weighted by Crippen LogP contribution is 2.11. The van der Waals surface area contributed by atoms with Gasteiger partial charge in [0.2, 0.25) is 6.79 Å². The Balaban J connectivity index is 2.62. The number of ether oxygens (including phenoxy) is 2. The van der Waals surface area contributed by atoms with Gasteiger partial charge in [-0.15, -0.1) is 0 Å². The molecule has 10 heavy (non-hydrogen) atoms. The van der Waals surface area contributed by atoms with Crippen molar-refractivity contribution in [2.45, 2.75) is 13.3 Å². The minimum absolute atomic E-state index is 0.228. The first-order chi connectivity index (χ1) is 4.75. The molecule has 0 aromatic carbocycles. The molecule has 1 fully saturated rings. The van der Waals surface area contributed by atoms with Crippen LogP contribution in [0, 0.1) is 5.92 Å². The Morgan fingerprint density at radius 1 is 1.40 bits per heavy atom. The largest absolute Gasteiger partial charge is 0.427 e. The number of hydrogen-bond donors (Lipinski definition) is 0. The third-order valence-electron chi connectivity index (χ3n) is 1.38. The summed E-state index contributed by atoms with van der Waals surface area (Å²) in [6, 6.07) is 0. The zero-order valence-corrected chi connectivity index (χ0v) is 5.62. The molecule has 0 saturated carbocycles. The summed E-state index contributed by atoms with van der Waals surface area (Å²) in [6.07, 6.45) is 0.442. The predicted molar refractivity (Wildman–Crippen MR) is 30.8 cm³/mol. The van der Waals surface area contributed by atoms with Crippen LogP contribution >= 0.6 is 0 Å². The zero-order chi connectivity index (χ0) is 7.56. The Labute approximate surface area is 58.1 Å². The van der Waals surface area contributed by atoms with E-state index in [0.29, 0.717) is 6.42 Å². The van der Waals surface area contributed by atoms with E-state index in [2.05, 4.69) is 9.47 Å². The van der Waals surface area contributed by atoms with Crippen LogP contribution in [0.4, 0.5) is 0 Å². The molecule has 1 aliphatic heterocycles. The SMILES string of the molecule is CCC1C(=O)OCOC1=O.